The molecular formula is C13H17F3N4. The fourth-order valence-corrected chi connectivity index (χ4v) is 3.34. The van der Waals surface area contributed by atoms with Crippen LogP contribution in [0.5, 0.6) is 0 Å². The summed E-state index contributed by atoms with van der Waals surface area (Å²) in [5, 5.41) is 0. The summed E-state index contributed by atoms with van der Waals surface area (Å²) in [5.74, 6) is 0.972. The maximum absolute atomic E-state index is 12.7. The third-order valence-corrected chi connectivity index (χ3v) is 4.37. The molecule has 2 N–H and O–H groups in total. The molecule has 2 aliphatic rings. The molecule has 1 saturated heterocycles. The summed E-state index contributed by atoms with van der Waals surface area (Å²) >= 11 is 0. The van der Waals surface area contributed by atoms with E-state index in [4.69, 9.17) is 5.73 Å². The maximum Gasteiger partial charge on any atom is 0.433 e. The number of halogens is 3. The highest BCUT2D eigenvalue weighted by atomic mass is 19.4. The summed E-state index contributed by atoms with van der Waals surface area (Å²) in [5.41, 5.74) is 5.22. The van der Waals surface area contributed by atoms with E-state index in [-0.39, 0.29) is 12.0 Å². The van der Waals surface area contributed by atoms with Gasteiger partial charge < -0.3 is 10.6 Å². The molecule has 4 nitrogen and oxygen atoms in total. The van der Waals surface area contributed by atoms with Crippen LogP contribution < -0.4 is 10.6 Å². The minimum atomic E-state index is -4.43. The third-order valence-electron chi connectivity index (χ3n) is 4.37. The summed E-state index contributed by atoms with van der Waals surface area (Å²) < 4.78 is 38.1. The van der Waals surface area contributed by atoms with Crippen LogP contribution in [0.2, 0.25) is 0 Å². The van der Waals surface area contributed by atoms with E-state index in [1.807, 2.05) is 4.90 Å². The minimum absolute atomic E-state index is 0.143. The normalized spacial score (nSPS) is 30.4. The van der Waals surface area contributed by atoms with E-state index in [1.54, 1.807) is 0 Å². The molecule has 3 unspecified atom stereocenters. The van der Waals surface area contributed by atoms with Gasteiger partial charge in [-0.3, -0.25) is 0 Å². The lowest BCUT2D eigenvalue weighted by Crippen LogP contribution is -2.38. The minimum Gasteiger partial charge on any atom is -0.340 e. The van der Waals surface area contributed by atoms with Crippen molar-refractivity contribution in [3.8, 4) is 0 Å². The largest absolute Gasteiger partial charge is 0.433 e. The molecule has 0 bridgehead atoms. The molecule has 1 aromatic rings. The Balaban J connectivity index is 1.81. The van der Waals surface area contributed by atoms with Crippen molar-refractivity contribution < 1.29 is 13.2 Å². The second kappa shape index (κ2) is 4.87. The van der Waals surface area contributed by atoms with Crippen LogP contribution in [0.15, 0.2) is 12.3 Å². The summed E-state index contributed by atoms with van der Waals surface area (Å²) in [6.07, 6.45) is -0.0699. The van der Waals surface area contributed by atoms with E-state index in [0.717, 1.165) is 25.3 Å². The molecule has 7 heteroatoms. The number of nitrogens with two attached hydrogens (primary N) is 1. The van der Waals surface area contributed by atoms with Gasteiger partial charge in [-0.05, 0) is 30.7 Å². The lowest BCUT2D eigenvalue weighted by atomic mass is 9.78. The molecule has 2 heterocycles. The molecule has 1 saturated carbocycles. The van der Waals surface area contributed by atoms with Gasteiger partial charge in [-0.25, -0.2) is 9.97 Å². The Bertz CT molecular complexity index is 491. The average Bonchev–Trinajstić information content (AvgIpc) is 2.83. The zero-order chi connectivity index (χ0) is 14.3. The van der Waals surface area contributed by atoms with Crippen LogP contribution in [0, 0.1) is 11.8 Å². The topological polar surface area (TPSA) is 55.0 Å². The van der Waals surface area contributed by atoms with Crippen LogP contribution in [0.25, 0.3) is 0 Å². The summed E-state index contributed by atoms with van der Waals surface area (Å²) in [6.45, 7) is 1.37. The van der Waals surface area contributed by atoms with Crippen LogP contribution in [-0.2, 0) is 6.18 Å². The molecule has 0 radical (unpaired) electrons. The smallest absolute Gasteiger partial charge is 0.340 e. The first-order chi connectivity index (χ1) is 9.45. The van der Waals surface area contributed by atoms with E-state index in [9.17, 15) is 13.2 Å². The third kappa shape index (κ3) is 2.46. The van der Waals surface area contributed by atoms with E-state index in [0.29, 0.717) is 24.9 Å². The number of alkyl halides is 3. The maximum atomic E-state index is 12.7. The van der Waals surface area contributed by atoms with Crippen molar-refractivity contribution in [3.63, 3.8) is 0 Å². The van der Waals surface area contributed by atoms with Crippen LogP contribution in [0.4, 0.5) is 19.1 Å². The molecule has 1 aliphatic carbocycles. The number of hydrogen-bond acceptors (Lipinski definition) is 4. The quantitative estimate of drug-likeness (QED) is 0.858. The molecule has 20 heavy (non-hydrogen) atoms. The van der Waals surface area contributed by atoms with E-state index in [1.165, 1.54) is 6.20 Å². The fraction of sp³-hybridized carbons (Fsp3) is 0.692. The highest BCUT2D eigenvalue weighted by Crippen LogP contribution is 2.37. The van der Waals surface area contributed by atoms with E-state index in [2.05, 4.69) is 9.97 Å². The molecule has 3 rings (SSSR count). The predicted molar refractivity (Wildman–Crippen MR) is 68.1 cm³/mol. The SMILES string of the molecule is NC1CCCC2CN(c3nccc(C(F)(F)F)n3)CC12. The molecule has 0 spiro atoms. The van der Waals surface area contributed by atoms with E-state index < -0.39 is 11.9 Å². The van der Waals surface area contributed by atoms with Gasteiger partial charge in [0.1, 0.15) is 5.69 Å². The lowest BCUT2D eigenvalue weighted by molar-refractivity contribution is -0.141. The Morgan fingerprint density at radius 1 is 1.25 bits per heavy atom. The summed E-state index contributed by atoms with van der Waals surface area (Å²) in [6, 6.07) is 1.04. The Kier molecular flexibility index (Phi) is 3.32. The number of nitrogens with zero attached hydrogens (tertiary/aromatic N) is 3. The Hall–Kier alpha value is -1.37. The monoisotopic (exact) mass is 286 g/mol. The predicted octanol–water partition coefficient (Wildman–Crippen LogP) is 2.06. The average molecular weight is 286 g/mol. The van der Waals surface area contributed by atoms with Crippen LogP contribution >= 0.6 is 0 Å². The van der Waals surface area contributed by atoms with Gasteiger partial charge in [0.2, 0.25) is 5.95 Å². The van der Waals surface area contributed by atoms with E-state index >= 15 is 0 Å². The number of fused-ring (bicyclic) bond motifs is 1. The van der Waals surface area contributed by atoms with Crippen LogP contribution in [-0.4, -0.2) is 29.1 Å². The van der Waals surface area contributed by atoms with Gasteiger partial charge >= 0.3 is 6.18 Å². The first-order valence-electron chi connectivity index (χ1n) is 6.86. The van der Waals surface area contributed by atoms with Crippen molar-refractivity contribution in [2.24, 2.45) is 17.6 Å². The fourth-order valence-electron chi connectivity index (χ4n) is 3.34. The zero-order valence-corrected chi connectivity index (χ0v) is 11.0. The van der Waals surface area contributed by atoms with Crippen molar-refractivity contribution in [1.82, 2.24) is 9.97 Å². The van der Waals surface area contributed by atoms with Gasteiger partial charge in [0.25, 0.3) is 0 Å². The molecule has 0 amide bonds. The number of anilines is 1. The van der Waals surface area contributed by atoms with Crippen LogP contribution in [0.3, 0.4) is 0 Å². The van der Waals surface area contributed by atoms with Gasteiger partial charge in [-0.15, -0.1) is 0 Å². The summed E-state index contributed by atoms with van der Waals surface area (Å²) in [4.78, 5) is 9.49. The first-order valence-corrected chi connectivity index (χ1v) is 6.86. The first kappa shape index (κ1) is 13.6. The van der Waals surface area contributed by atoms with Gasteiger partial charge in [0.15, 0.2) is 0 Å². The standard InChI is InChI=1S/C13H17F3N4/c14-13(15,16)11-4-5-18-12(19-11)20-6-8-2-1-3-10(17)9(8)7-20/h4-5,8-10H,1-3,6-7,17H2. The van der Waals surface area contributed by atoms with Gasteiger partial charge in [0, 0.05) is 25.3 Å². The van der Waals surface area contributed by atoms with Crippen molar-refractivity contribution in [1.29, 1.82) is 0 Å². The van der Waals surface area contributed by atoms with Crippen molar-refractivity contribution in [2.75, 3.05) is 18.0 Å². The van der Waals surface area contributed by atoms with Crippen LogP contribution in [0.1, 0.15) is 25.0 Å². The number of aromatic nitrogens is 2. The molecule has 1 aliphatic heterocycles. The molecule has 0 aromatic carbocycles. The number of hydrogen-bond donors (Lipinski definition) is 1. The summed E-state index contributed by atoms with van der Waals surface area (Å²) in [7, 11) is 0. The Labute approximate surface area is 115 Å². The zero-order valence-electron chi connectivity index (χ0n) is 11.0. The molecule has 3 atom stereocenters. The number of rotatable bonds is 1. The second-order valence-corrected chi connectivity index (χ2v) is 5.66. The highest BCUT2D eigenvalue weighted by Gasteiger charge is 2.40. The van der Waals surface area contributed by atoms with Crippen molar-refractivity contribution >= 4 is 5.95 Å². The Morgan fingerprint density at radius 3 is 2.75 bits per heavy atom. The van der Waals surface area contributed by atoms with Crippen molar-refractivity contribution in [2.45, 2.75) is 31.5 Å². The molecular weight excluding hydrogens is 269 g/mol. The molecule has 110 valence electrons. The second-order valence-electron chi connectivity index (χ2n) is 5.66. The Morgan fingerprint density at radius 2 is 2.05 bits per heavy atom. The lowest BCUT2D eigenvalue weighted by Gasteiger charge is -2.29. The van der Waals surface area contributed by atoms with Gasteiger partial charge in [-0.2, -0.15) is 13.2 Å². The van der Waals surface area contributed by atoms with Gasteiger partial charge in [0.05, 0.1) is 0 Å². The van der Waals surface area contributed by atoms with Crippen molar-refractivity contribution in [3.05, 3.63) is 18.0 Å². The highest BCUT2D eigenvalue weighted by molar-refractivity contribution is 5.33. The molecule has 2 fully saturated rings. The molecule has 1 aromatic heterocycles. The van der Waals surface area contributed by atoms with Gasteiger partial charge in [-0.1, -0.05) is 6.42 Å².